The van der Waals surface area contributed by atoms with Gasteiger partial charge in [-0.25, -0.2) is 13.8 Å². The first-order chi connectivity index (χ1) is 19.1. The SMILES string of the molecule is COc1ccc(S(=O)(=O)N(CC(=O)N/N=C\c2ccc(OCC(=O)NCC(C)C)cc2)c2cccc(Cl)c2)cc1. The number of hydrogen-bond acceptors (Lipinski definition) is 7. The van der Waals surface area contributed by atoms with Crippen molar-refractivity contribution in [1.29, 1.82) is 0 Å². The number of rotatable bonds is 13. The van der Waals surface area contributed by atoms with Crippen molar-refractivity contribution in [3.8, 4) is 11.5 Å². The molecule has 10 nitrogen and oxygen atoms in total. The van der Waals surface area contributed by atoms with Gasteiger partial charge in [-0.3, -0.25) is 13.9 Å². The Morgan fingerprint density at radius 2 is 1.68 bits per heavy atom. The van der Waals surface area contributed by atoms with Crippen LogP contribution in [0.5, 0.6) is 11.5 Å². The Morgan fingerprint density at radius 3 is 2.30 bits per heavy atom. The fourth-order valence-corrected chi connectivity index (χ4v) is 4.93. The molecule has 0 radical (unpaired) electrons. The Morgan fingerprint density at radius 1 is 1.00 bits per heavy atom. The van der Waals surface area contributed by atoms with Crippen molar-refractivity contribution in [3.63, 3.8) is 0 Å². The number of nitrogens with zero attached hydrogens (tertiary/aromatic N) is 2. The largest absolute Gasteiger partial charge is 0.497 e. The summed E-state index contributed by atoms with van der Waals surface area (Å²) in [4.78, 5) is 24.5. The molecule has 0 aromatic heterocycles. The fraction of sp³-hybridized carbons (Fsp3) is 0.250. The Labute approximate surface area is 239 Å². The van der Waals surface area contributed by atoms with Crippen LogP contribution in [-0.2, 0) is 19.6 Å². The van der Waals surface area contributed by atoms with Gasteiger partial charge in [0.15, 0.2) is 6.61 Å². The first-order valence-corrected chi connectivity index (χ1v) is 14.1. The van der Waals surface area contributed by atoms with Crippen molar-refractivity contribution in [1.82, 2.24) is 10.7 Å². The zero-order chi connectivity index (χ0) is 29.1. The van der Waals surface area contributed by atoms with Crippen LogP contribution in [0.15, 0.2) is 82.8 Å². The number of benzene rings is 3. The van der Waals surface area contributed by atoms with Gasteiger partial charge >= 0.3 is 0 Å². The number of halogens is 1. The highest BCUT2D eigenvalue weighted by Crippen LogP contribution is 2.27. The van der Waals surface area contributed by atoms with Crippen LogP contribution < -0.4 is 24.5 Å². The van der Waals surface area contributed by atoms with Crippen LogP contribution in [-0.4, -0.2) is 53.3 Å². The van der Waals surface area contributed by atoms with Gasteiger partial charge in [0, 0.05) is 11.6 Å². The number of nitrogens with one attached hydrogen (secondary N) is 2. The zero-order valence-electron chi connectivity index (χ0n) is 22.3. The van der Waals surface area contributed by atoms with Gasteiger partial charge in [-0.2, -0.15) is 5.10 Å². The van der Waals surface area contributed by atoms with E-state index < -0.39 is 22.5 Å². The average molecular weight is 587 g/mol. The van der Waals surface area contributed by atoms with Gasteiger partial charge in [0.25, 0.3) is 21.8 Å². The maximum absolute atomic E-state index is 13.5. The van der Waals surface area contributed by atoms with Crippen molar-refractivity contribution in [2.45, 2.75) is 18.7 Å². The monoisotopic (exact) mass is 586 g/mol. The number of hydrogen-bond donors (Lipinski definition) is 2. The molecule has 0 atom stereocenters. The molecule has 12 heteroatoms. The minimum atomic E-state index is -4.13. The lowest BCUT2D eigenvalue weighted by atomic mass is 10.2. The molecular formula is C28H31ClN4O6S. The van der Waals surface area contributed by atoms with Gasteiger partial charge in [-0.15, -0.1) is 0 Å². The molecule has 3 aromatic carbocycles. The second kappa shape index (κ2) is 14.3. The molecule has 0 saturated heterocycles. The van der Waals surface area contributed by atoms with E-state index in [0.717, 1.165) is 4.31 Å². The third kappa shape index (κ3) is 8.99. The molecule has 0 heterocycles. The molecular weight excluding hydrogens is 556 g/mol. The second-order valence-corrected chi connectivity index (χ2v) is 11.3. The van der Waals surface area contributed by atoms with Gasteiger partial charge in [-0.1, -0.05) is 31.5 Å². The number of anilines is 1. The van der Waals surface area contributed by atoms with E-state index in [2.05, 4.69) is 15.8 Å². The molecule has 0 aliphatic heterocycles. The van der Waals surface area contributed by atoms with Gasteiger partial charge in [0.05, 0.1) is 23.9 Å². The van der Waals surface area contributed by atoms with E-state index in [0.29, 0.717) is 34.5 Å². The van der Waals surface area contributed by atoms with Crippen molar-refractivity contribution in [3.05, 3.63) is 83.4 Å². The van der Waals surface area contributed by atoms with Crippen molar-refractivity contribution >= 4 is 45.3 Å². The summed E-state index contributed by atoms with van der Waals surface area (Å²) in [6.45, 7) is 3.94. The lowest BCUT2D eigenvalue weighted by Gasteiger charge is -2.24. The molecule has 0 fully saturated rings. The third-order valence-corrected chi connectivity index (χ3v) is 7.41. The molecule has 0 bridgehead atoms. The minimum absolute atomic E-state index is 0.0238. The fourth-order valence-electron chi connectivity index (χ4n) is 3.33. The van der Waals surface area contributed by atoms with Crippen LogP contribution in [0.25, 0.3) is 0 Å². The van der Waals surface area contributed by atoms with Gasteiger partial charge < -0.3 is 14.8 Å². The normalized spacial score (nSPS) is 11.3. The molecule has 2 amide bonds. The zero-order valence-corrected chi connectivity index (χ0v) is 23.9. The Hall–Kier alpha value is -4.09. The number of carbonyl (C=O) groups excluding carboxylic acids is 2. The van der Waals surface area contributed by atoms with E-state index in [1.807, 2.05) is 13.8 Å². The molecule has 0 saturated carbocycles. The molecule has 0 aliphatic rings. The predicted octanol–water partition coefficient (Wildman–Crippen LogP) is 3.85. The Kier molecular flexibility index (Phi) is 10.9. The van der Waals surface area contributed by atoms with E-state index in [1.165, 1.54) is 43.7 Å². The van der Waals surface area contributed by atoms with Crippen molar-refractivity contribution in [2.75, 3.05) is 31.1 Å². The molecule has 2 N–H and O–H groups in total. The summed E-state index contributed by atoms with van der Waals surface area (Å²) < 4.78 is 38.4. The van der Waals surface area contributed by atoms with Crippen molar-refractivity contribution < 1.29 is 27.5 Å². The molecule has 0 aliphatic carbocycles. The van der Waals surface area contributed by atoms with E-state index in [4.69, 9.17) is 21.1 Å². The summed E-state index contributed by atoms with van der Waals surface area (Å²) in [5, 5.41) is 7.02. The number of ether oxygens (including phenoxy) is 2. The van der Waals surface area contributed by atoms with E-state index in [9.17, 15) is 18.0 Å². The lowest BCUT2D eigenvalue weighted by molar-refractivity contribution is -0.123. The Bertz CT molecular complexity index is 1430. The highest BCUT2D eigenvalue weighted by atomic mass is 35.5. The second-order valence-electron chi connectivity index (χ2n) is 9.02. The van der Waals surface area contributed by atoms with Crippen LogP contribution in [0.1, 0.15) is 19.4 Å². The van der Waals surface area contributed by atoms with Crippen molar-refractivity contribution in [2.24, 2.45) is 11.0 Å². The first kappa shape index (κ1) is 30.5. The lowest BCUT2D eigenvalue weighted by Crippen LogP contribution is -2.39. The summed E-state index contributed by atoms with van der Waals surface area (Å²) >= 11 is 6.09. The van der Waals surface area contributed by atoms with Gasteiger partial charge in [0.1, 0.15) is 18.0 Å². The molecule has 212 valence electrons. The number of hydrazone groups is 1. The Balaban J connectivity index is 1.64. The average Bonchev–Trinajstić information content (AvgIpc) is 2.94. The van der Waals surface area contributed by atoms with Gasteiger partial charge in [-0.05, 0) is 78.2 Å². The third-order valence-electron chi connectivity index (χ3n) is 5.39. The summed E-state index contributed by atoms with van der Waals surface area (Å²) in [6.07, 6.45) is 1.40. The molecule has 3 aromatic rings. The predicted molar refractivity (Wildman–Crippen MR) is 154 cm³/mol. The van der Waals surface area contributed by atoms with E-state index >= 15 is 0 Å². The standard InChI is InChI=1S/C28H31ClN4O6S/c1-20(2)16-30-28(35)19-39-25-9-7-21(8-10-25)17-31-32-27(34)18-33(23-6-4-5-22(29)15-23)40(36,37)26-13-11-24(38-3)12-14-26/h4-15,17,20H,16,18-19H2,1-3H3,(H,30,35)(H,32,34)/b31-17-. The van der Waals surface area contributed by atoms with E-state index in [1.54, 1.807) is 42.5 Å². The minimum Gasteiger partial charge on any atom is -0.497 e. The molecule has 0 unspecified atom stereocenters. The first-order valence-electron chi connectivity index (χ1n) is 12.3. The number of amides is 2. The highest BCUT2D eigenvalue weighted by Gasteiger charge is 2.27. The molecule has 3 rings (SSSR count). The smallest absolute Gasteiger partial charge is 0.264 e. The van der Waals surface area contributed by atoms with Gasteiger partial charge in [0.2, 0.25) is 0 Å². The van der Waals surface area contributed by atoms with Crippen LogP contribution >= 0.6 is 11.6 Å². The number of carbonyl (C=O) groups is 2. The van der Waals surface area contributed by atoms with Crippen LogP contribution in [0.2, 0.25) is 5.02 Å². The van der Waals surface area contributed by atoms with Crippen LogP contribution in [0.4, 0.5) is 5.69 Å². The van der Waals surface area contributed by atoms with Crippen LogP contribution in [0.3, 0.4) is 0 Å². The number of methoxy groups -OCH3 is 1. The maximum Gasteiger partial charge on any atom is 0.264 e. The van der Waals surface area contributed by atoms with E-state index in [-0.39, 0.29) is 23.1 Å². The topological polar surface area (TPSA) is 126 Å². The highest BCUT2D eigenvalue weighted by molar-refractivity contribution is 7.92. The number of sulfonamides is 1. The summed E-state index contributed by atoms with van der Waals surface area (Å²) in [7, 11) is -2.65. The summed E-state index contributed by atoms with van der Waals surface area (Å²) in [6, 6.07) is 18.8. The molecule has 40 heavy (non-hydrogen) atoms. The van der Waals surface area contributed by atoms with Crippen LogP contribution in [0, 0.1) is 5.92 Å². The summed E-state index contributed by atoms with van der Waals surface area (Å²) in [5.41, 5.74) is 3.22. The maximum atomic E-state index is 13.5. The quantitative estimate of drug-likeness (QED) is 0.231. The summed E-state index contributed by atoms with van der Waals surface area (Å²) in [5.74, 6) is 0.471. The molecule has 0 spiro atoms.